The first-order valence-electron chi connectivity index (χ1n) is 9.00. The highest BCUT2D eigenvalue weighted by Crippen LogP contribution is 2.10. The molecule has 3 heteroatoms. The third-order valence-electron chi connectivity index (χ3n) is 3.92. The zero-order valence-electron chi connectivity index (χ0n) is 14.2. The van der Waals surface area contributed by atoms with E-state index in [1.807, 2.05) is 18.2 Å². The van der Waals surface area contributed by atoms with Crippen molar-refractivity contribution in [3.05, 3.63) is 29.6 Å². The summed E-state index contributed by atoms with van der Waals surface area (Å²) in [6.07, 6.45) is 13.4. The Hall–Kier alpha value is -0.930. The minimum Gasteiger partial charge on any atom is -0.390 e. The fourth-order valence-electron chi connectivity index (χ4n) is 2.57. The third kappa shape index (κ3) is 9.91. The molecule has 0 spiro atoms. The minimum atomic E-state index is -0.00765. The van der Waals surface area contributed by atoms with Gasteiger partial charge in [0.25, 0.3) is 0 Å². The van der Waals surface area contributed by atoms with E-state index in [1.54, 1.807) is 0 Å². The highest BCUT2D eigenvalue weighted by atomic mass is 16.5. The molecule has 0 unspecified atom stereocenters. The summed E-state index contributed by atoms with van der Waals surface area (Å²) in [5.41, 5.74) is 1.61. The minimum absolute atomic E-state index is 0.00765. The number of hydrogen-bond acceptors (Lipinski definition) is 3. The van der Waals surface area contributed by atoms with Gasteiger partial charge in [-0.25, -0.2) is 0 Å². The van der Waals surface area contributed by atoms with Crippen molar-refractivity contribution in [1.82, 2.24) is 4.98 Å². The summed E-state index contributed by atoms with van der Waals surface area (Å²) in [7, 11) is 0. The highest BCUT2D eigenvalue weighted by Gasteiger charge is 1.98. The van der Waals surface area contributed by atoms with Gasteiger partial charge in [-0.3, -0.25) is 4.98 Å². The van der Waals surface area contributed by atoms with Crippen molar-refractivity contribution in [3.8, 4) is 0 Å². The van der Waals surface area contributed by atoms with Gasteiger partial charge in [-0.05, 0) is 18.6 Å². The lowest BCUT2D eigenvalue weighted by Gasteiger charge is -2.05. The lowest BCUT2D eigenvalue weighted by atomic mass is 10.1. The number of nitrogens with zero attached hydrogens (tertiary/aromatic N) is 1. The van der Waals surface area contributed by atoms with Crippen molar-refractivity contribution in [2.45, 2.75) is 84.3 Å². The number of aliphatic hydroxyl groups is 1. The normalized spacial score (nSPS) is 11.0. The molecule has 1 heterocycles. The highest BCUT2D eigenvalue weighted by molar-refractivity contribution is 5.09. The lowest BCUT2D eigenvalue weighted by molar-refractivity contribution is 0.114. The fraction of sp³-hybridized carbons (Fsp3) is 0.737. The number of aromatic nitrogens is 1. The van der Waals surface area contributed by atoms with Crippen molar-refractivity contribution in [1.29, 1.82) is 0 Å². The molecule has 0 saturated heterocycles. The second-order valence-corrected chi connectivity index (χ2v) is 6.01. The van der Waals surface area contributed by atoms with Crippen LogP contribution < -0.4 is 0 Å². The van der Waals surface area contributed by atoms with Gasteiger partial charge in [0.1, 0.15) is 0 Å². The average molecular weight is 307 g/mol. The second-order valence-electron chi connectivity index (χ2n) is 6.01. The molecule has 0 aliphatic carbocycles. The van der Waals surface area contributed by atoms with E-state index in [-0.39, 0.29) is 6.61 Å². The fourth-order valence-corrected chi connectivity index (χ4v) is 2.57. The molecule has 0 saturated carbocycles. The molecular weight excluding hydrogens is 274 g/mol. The van der Waals surface area contributed by atoms with E-state index < -0.39 is 0 Å². The van der Waals surface area contributed by atoms with Gasteiger partial charge in [0.05, 0.1) is 24.6 Å². The first-order chi connectivity index (χ1) is 10.9. The maximum absolute atomic E-state index is 9.03. The Morgan fingerprint density at radius 2 is 1.45 bits per heavy atom. The van der Waals surface area contributed by atoms with Crippen LogP contribution >= 0.6 is 0 Å². The van der Waals surface area contributed by atoms with E-state index in [0.717, 1.165) is 18.7 Å². The van der Waals surface area contributed by atoms with Gasteiger partial charge in [0.15, 0.2) is 0 Å². The van der Waals surface area contributed by atoms with Crippen LogP contribution in [0.5, 0.6) is 0 Å². The Bertz CT molecular complexity index is 368. The van der Waals surface area contributed by atoms with Crippen molar-refractivity contribution in [2.75, 3.05) is 6.61 Å². The van der Waals surface area contributed by atoms with Gasteiger partial charge in [-0.2, -0.15) is 0 Å². The van der Waals surface area contributed by atoms with E-state index >= 15 is 0 Å². The molecular formula is C19H33NO2. The van der Waals surface area contributed by atoms with E-state index in [9.17, 15) is 0 Å². The number of rotatable bonds is 14. The second kappa shape index (κ2) is 13.7. The molecule has 22 heavy (non-hydrogen) atoms. The van der Waals surface area contributed by atoms with Gasteiger partial charge in [0.2, 0.25) is 0 Å². The van der Waals surface area contributed by atoms with Gasteiger partial charge >= 0.3 is 0 Å². The van der Waals surface area contributed by atoms with Crippen molar-refractivity contribution < 1.29 is 9.84 Å². The van der Waals surface area contributed by atoms with Crippen LogP contribution in [0.25, 0.3) is 0 Å². The number of hydrogen-bond donors (Lipinski definition) is 1. The van der Waals surface area contributed by atoms with Crippen molar-refractivity contribution in [2.24, 2.45) is 0 Å². The number of ether oxygens (including phenoxy) is 1. The maximum atomic E-state index is 9.03. The number of pyridine rings is 1. The Labute approximate surface area is 136 Å². The predicted molar refractivity (Wildman–Crippen MR) is 91.7 cm³/mol. The van der Waals surface area contributed by atoms with Gasteiger partial charge < -0.3 is 9.84 Å². The summed E-state index contributed by atoms with van der Waals surface area (Å²) in [6.45, 7) is 3.61. The van der Waals surface area contributed by atoms with Crippen LogP contribution in [0, 0.1) is 0 Å². The van der Waals surface area contributed by atoms with Crippen LogP contribution in [0.15, 0.2) is 18.2 Å². The smallest absolute Gasteiger partial charge is 0.0887 e. The molecule has 0 atom stereocenters. The van der Waals surface area contributed by atoms with Crippen molar-refractivity contribution >= 4 is 0 Å². The summed E-state index contributed by atoms with van der Waals surface area (Å²) in [6, 6.07) is 5.68. The molecule has 0 amide bonds. The van der Waals surface area contributed by atoms with Crippen molar-refractivity contribution in [3.63, 3.8) is 0 Å². The Morgan fingerprint density at radius 1 is 0.864 bits per heavy atom. The Balaban J connectivity index is 1.87. The molecule has 0 fully saturated rings. The summed E-state index contributed by atoms with van der Waals surface area (Å²) in [4.78, 5) is 4.31. The molecule has 1 N–H and O–H groups in total. The monoisotopic (exact) mass is 307 g/mol. The van der Waals surface area contributed by atoms with Crippen LogP contribution in [-0.2, 0) is 18.0 Å². The van der Waals surface area contributed by atoms with E-state index in [0.29, 0.717) is 12.3 Å². The van der Waals surface area contributed by atoms with Crippen LogP contribution in [0.4, 0.5) is 0 Å². The third-order valence-corrected chi connectivity index (χ3v) is 3.92. The molecule has 3 nitrogen and oxygen atoms in total. The van der Waals surface area contributed by atoms with Crippen LogP contribution in [0.1, 0.15) is 82.5 Å². The van der Waals surface area contributed by atoms with Crippen LogP contribution in [0.3, 0.4) is 0 Å². The summed E-state index contributed by atoms with van der Waals surface area (Å²) >= 11 is 0. The molecule has 0 radical (unpaired) electrons. The summed E-state index contributed by atoms with van der Waals surface area (Å²) in [5, 5.41) is 9.03. The van der Waals surface area contributed by atoms with E-state index in [1.165, 1.54) is 57.8 Å². The Morgan fingerprint density at radius 3 is 2.09 bits per heavy atom. The van der Waals surface area contributed by atoms with Gasteiger partial charge in [-0.1, -0.05) is 70.8 Å². The largest absolute Gasteiger partial charge is 0.390 e. The number of aliphatic hydroxyl groups excluding tert-OH is 1. The molecule has 1 rings (SSSR count). The zero-order valence-corrected chi connectivity index (χ0v) is 14.2. The first kappa shape index (κ1) is 19.1. The van der Waals surface area contributed by atoms with Gasteiger partial charge in [-0.15, -0.1) is 0 Å². The number of unbranched alkanes of at least 4 members (excludes halogenated alkanes) is 9. The predicted octanol–water partition coefficient (Wildman–Crippen LogP) is 5.01. The zero-order chi connectivity index (χ0) is 15.9. The summed E-state index contributed by atoms with van der Waals surface area (Å²) in [5.74, 6) is 0. The Kier molecular flexibility index (Phi) is 11.9. The quantitative estimate of drug-likeness (QED) is 0.491. The molecule has 0 bridgehead atoms. The van der Waals surface area contributed by atoms with Gasteiger partial charge in [0, 0.05) is 6.61 Å². The topological polar surface area (TPSA) is 42.4 Å². The SMILES string of the molecule is CCCCCCCCCCCCOCc1cccc(CO)n1. The van der Waals surface area contributed by atoms with E-state index in [2.05, 4.69) is 11.9 Å². The molecule has 0 aliphatic heterocycles. The molecule has 1 aromatic rings. The molecule has 0 aromatic carbocycles. The molecule has 0 aliphatic rings. The summed E-state index contributed by atoms with van der Waals surface area (Å²) < 4.78 is 5.65. The van der Waals surface area contributed by atoms with Crippen LogP contribution in [0.2, 0.25) is 0 Å². The molecule has 126 valence electrons. The average Bonchev–Trinajstić information content (AvgIpc) is 2.56. The lowest BCUT2D eigenvalue weighted by Crippen LogP contribution is -2.00. The van der Waals surface area contributed by atoms with E-state index in [4.69, 9.17) is 9.84 Å². The first-order valence-corrected chi connectivity index (χ1v) is 9.00. The molecule has 1 aromatic heterocycles. The van der Waals surface area contributed by atoms with Crippen LogP contribution in [-0.4, -0.2) is 16.7 Å². The maximum Gasteiger partial charge on any atom is 0.0887 e. The standard InChI is InChI=1S/C19H33NO2/c1-2-3-4-5-6-7-8-9-10-11-15-22-17-19-14-12-13-18(16-21)20-19/h12-14,21H,2-11,15-17H2,1H3.